The second kappa shape index (κ2) is 9.64. The fraction of sp³-hybridized carbons (Fsp3) is 0.462. The zero-order valence-electron chi connectivity index (χ0n) is 20.8. The average Bonchev–Trinajstić information content (AvgIpc) is 3.47. The van der Waals surface area contributed by atoms with E-state index in [1.165, 1.54) is 0 Å². The van der Waals surface area contributed by atoms with Gasteiger partial charge in [-0.3, -0.25) is 4.79 Å². The molecule has 11 heteroatoms. The van der Waals surface area contributed by atoms with Gasteiger partial charge < -0.3 is 31.3 Å². The largest absolute Gasteiger partial charge is 0.384 e. The first-order valence-corrected chi connectivity index (χ1v) is 12.9. The number of urea groups is 1. The standard InChI is InChI=1S/C26H32N8O3/c1-28-26(36)31-17-4-2-15(3-5-17)20-13-30-34-23(27)12-21(32-24(20)34)16-10-18-6-7-19(11-16)33(18)25(35)22-14-37-9-8-29-22/h2-5,12-13,16,18-19,22,29H,6-11,14,27H2,1H3,(H2,28,31,36). The lowest BCUT2D eigenvalue weighted by atomic mass is 9.87. The maximum Gasteiger partial charge on any atom is 0.318 e. The van der Waals surface area contributed by atoms with Crippen molar-refractivity contribution in [1.29, 1.82) is 0 Å². The molecule has 5 heterocycles. The molecule has 3 aliphatic heterocycles. The van der Waals surface area contributed by atoms with Gasteiger partial charge in [-0.1, -0.05) is 12.1 Å². The minimum atomic E-state index is -0.270. The van der Waals surface area contributed by atoms with Crippen LogP contribution in [0.4, 0.5) is 16.3 Å². The molecule has 1 aromatic carbocycles. The third-order valence-corrected chi connectivity index (χ3v) is 7.83. The Morgan fingerprint density at radius 2 is 1.92 bits per heavy atom. The van der Waals surface area contributed by atoms with Crippen LogP contribution in [0, 0.1) is 0 Å². The van der Waals surface area contributed by atoms with Crippen LogP contribution in [0.1, 0.15) is 37.3 Å². The normalized spacial score (nSPS) is 25.3. The van der Waals surface area contributed by atoms with Gasteiger partial charge in [0.15, 0.2) is 5.65 Å². The van der Waals surface area contributed by atoms with Crippen LogP contribution in [0.15, 0.2) is 36.5 Å². The maximum atomic E-state index is 13.3. The molecule has 3 aliphatic rings. The number of nitrogen functional groups attached to an aromatic ring is 1. The Hall–Kier alpha value is -3.70. The number of nitrogens with zero attached hydrogens (tertiary/aromatic N) is 4. The number of nitrogens with two attached hydrogens (primary N) is 1. The van der Waals surface area contributed by atoms with Crippen LogP contribution >= 0.6 is 0 Å². The molecular formula is C26H32N8O3. The molecule has 0 radical (unpaired) electrons. The van der Waals surface area contributed by atoms with Crippen molar-refractivity contribution in [2.75, 3.05) is 37.9 Å². The summed E-state index contributed by atoms with van der Waals surface area (Å²) in [6, 6.07) is 9.39. The fourth-order valence-corrected chi connectivity index (χ4v) is 6.03. The van der Waals surface area contributed by atoms with Crippen molar-refractivity contribution < 1.29 is 14.3 Å². The lowest BCUT2D eigenvalue weighted by Gasteiger charge is -2.41. The lowest BCUT2D eigenvalue weighted by molar-refractivity contribution is -0.141. The summed E-state index contributed by atoms with van der Waals surface area (Å²) in [5.41, 5.74) is 10.6. The number of carbonyl (C=O) groups excluding carboxylic acids is 2. The van der Waals surface area contributed by atoms with Crippen LogP contribution in [-0.4, -0.2) is 76.4 Å². The van der Waals surface area contributed by atoms with Gasteiger partial charge in [-0.25, -0.2) is 9.78 Å². The molecule has 3 fully saturated rings. The molecule has 3 saturated heterocycles. The van der Waals surface area contributed by atoms with Crippen molar-refractivity contribution in [3.8, 4) is 11.1 Å². The second-order valence-electron chi connectivity index (χ2n) is 10.1. The SMILES string of the molecule is CNC(=O)Nc1ccc(-c2cnn3c(N)cc(C4CC5CCC(C4)N5C(=O)C4COCCN4)nc23)cc1. The summed E-state index contributed by atoms with van der Waals surface area (Å²) >= 11 is 0. The van der Waals surface area contributed by atoms with Crippen LogP contribution in [0.5, 0.6) is 0 Å². The van der Waals surface area contributed by atoms with Gasteiger partial charge in [0.25, 0.3) is 0 Å². The molecule has 0 aliphatic carbocycles. The van der Waals surface area contributed by atoms with E-state index in [-0.39, 0.29) is 36.0 Å². The number of morpholine rings is 1. The van der Waals surface area contributed by atoms with E-state index in [1.807, 2.05) is 30.3 Å². The van der Waals surface area contributed by atoms with Crippen molar-refractivity contribution >= 4 is 29.1 Å². The number of amides is 3. The summed E-state index contributed by atoms with van der Waals surface area (Å²) in [4.78, 5) is 32.0. The zero-order valence-corrected chi connectivity index (χ0v) is 20.8. The summed E-state index contributed by atoms with van der Waals surface area (Å²) in [5, 5.41) is 13.1. The molecule has 3 amide bonds. The summed E-state index contributed by atoms with van der Waals surface area (Å²) in [6.07, 6.45) is 5.57. The number of ether oxygens (including phenoxy) is 1. The lowest BCUT2D eigenvalue weighted by Crippen LogP contribution is -2.57. The van der Waals surface area contributed by atoms with E-state index in [0.717, 1.165) is 42.5 Å². The van der Waals surface area contributed by atoms with E-state index >= 15 is 0 Å². The molecular weight excluding hydrogens is 472 g/mol. The molecule has 3 aromatic rings. The molecule has 3 atom stereocenters. The fourth-order valence-electron chi connectivity index (χ4n) is 6.03. The number of rotatable bonds is 4. The number of hydrogen-bond donors (Lipinski definition) is 4. The molecule has 0 saturated carbocycles. The monoisotopic (exact) mass is 504 g/mol. The number of anilines is 2. The van der Waals surface area contributed by atoms with Crippen molar-refractivity contribution in [2.24, 2.45) is 0 Å². The second-order valence-corrected chi connectivity index (χ2v) is 10.1. The van der Waals surface area contributed by atoms with Crippen LogP contribution in [0.3, 0.4) is 0 Å². The van der Waals surface area contributed by atoms with Gasteiger partial charge in [0.05, 0.1) is 19.4 Å². The summed E-state index contributed by atoms with van der Waals surface area (Å²) in [6.45, 7) is 1.81. The van der Waals surface area contributed by atoms with Gasteiger partial charge in [-0.2, -0.15) is 9.61 Å². The number of benzene rings is 1. The Bertz CT molecular complexity index is 1300. The summed E-state index contributed by atoms with van der Waals surface area (Å²) in [7, 11) is 1.58. The summed E-state index contributed by atoms with van der Waals surface area (Å²) in [5.74, 6) is 0.936. The highest BCUT2D eigenvalue weighted by molar-refractivity contribution is 5.89. The highest BCUT2D eigenvalue weighted by atomic mass is 16.5. The quantitative estimate of drug-likeness (QED) is 0.426. The first kappa shape index (κ1) is 23.7. The predicted octanol–water partition coefficient (Wildman–Crippen LogP) is 1.96. The van der Waals surface area contributed by atoms with Gasteiger partial charge in [0, 0.05) is 54.6 Å². The van der Waals surface area contributed by atoms with Crippen LogP contribution < -0.4 is 21.7 Å². The van der Waals surface area contributed by atoms with Crippen LogP contribution in [0.2, 0.25) is 0 Å². The van der Waals surface area contributed by atoms with Gasteiger partial charge in [0.2, 0.25) is 5.91 Å². The molecule has 37 heavy (non-hydrogen) atoms. The number of carbonyl (C=O) groups is 2. The zero-order chi connectivity index (χ0) is 25.5. The average molecular weight is 505 g/mol. The minimum absolute atomic E-state index is 0.168. The molecule has 194 valence electrons. The molecule has 11 nitrogen and oxygen atoms in total. The van der Waals surface area contributed by atoms with E-state index in [1.54, 1.807) is 17.8 Å². The summed E-state index contributed by atoms with van der Waals surface area (Å²) < 4.78 is 7.20. The van der Waals surface area contributed by atoms with Crippen LogP contribution in [-0.2, 0) is 9.53 Å². The maximum absolute atomic E-state index is 13.3. The predicted molar refractivity (Wildman–Crippen MR) is 139 cm³/mol. The number of aromatic nitrogens is 3. The number of hydrogen-bond acceptors (Lipinski definition) is 7. The molecule has 2 bridgehead atoms. The van der Waals surface area contributed by atoms with Gasteiger partial charge in [-0.15, -0.1) is 0 Å². The Morgan fingerprint density at radius 3 is 2.59 bits per heavy atom. The third-order valence-electron chi connectivity index (χ3n) is 7.83. The van der Waals surface area contributed by atoms with Crippen molar-refractivity contribution in [3.63, 3.8) is 0 Å². The van der Waals surface area contributed by atoms with E-state index in [0.29, 0.717) is 36.9 Å². The Morgan fingerprint density at radius 1 is 1.16 bits per heavy atom. The topological polar surface area (TPSA) is 139 Å². The van der Waals surface area contributed by atoms with Crippen molar-refractivity contribution in [3.05, 3.63) is 42.2 Å². The van der Waals surface area contributed by atoms with E-state index in [2.05, 4.69) is 25.9 Å². The smallest absolute Gasteiger partial charge is 0.318 e. The van der Waals surface area contributed by atoms with E-state index in [9.17, 15) is 9.59 Å². The first-order valence-electron chi connectivity index (χ1n) is 12.9. The van der Waals surface area contributed by atoms with E-state index in [4.69, 9.17) is 15.5 Å². The third kappa shape index (κ3) is 4.38. The Balaban J connectivity index is 1.24. The Labute approximate surface area is 214 Å². The Kier molecular flexibility index (Phi) is 6.17. The van der Waals surface area contributed by atoms with Gasteiger partial charge >= 0.3 is 6.03 Å². The number of fused-ring (bicyclic) bond motifs is 3. The highest BCUT2D eigenvalue weighted by Crippen LogP contribution is 2.43. The van der Waals surface area contributed by atoms with Crippen LogP contribution in [0.25, 0.3) is 16.8 Å². The molecule has 5 N–H and O–H groups in total. The highest BCUT2D eigenvalue weighted by Gasteiger charge is 2.45. The van der Waals surface area contributed by atoms with Crippen molar-refractivity contribution in [1.82, 2.24) is 30.1 Å². The molecule has 3 unspecified atom stereocenters. The number of piperidine rings is 1. The molecule has 2 aromatic heterocycles. The van der Waals surface area contributed by atoms with Gasteiger partial charge in [-0.05, 0) is 43.4 Å². The van der Waals surface area contributed by atoms with Gasteiger partial charge in [0.1, 0.15) is 11.9 Å². The molecule has 0 spiro atoms. The van der Waals surface area contributed by atoms with Crippen molar-refractivity contribution in [2.45, 2.75) is 49.7 Å². The molecule has 6 rings (SSSR count). The minimum Gasteiger partial charge on any atom is -0.384 e. The first-order chi connectivity index (χ1) is 18.0. The number of nitrogens with one attached hydrogen (secondary N) is 3. The van der Waals surface area contributed by atoms with E-state index < -0.39 is 0 Å².